The molecule has 0 aromatic rings. The van der Waals surface area contributed by atoms with E-state index in [9.17, 15) is 0 Å². The summed E-state index contributed by atoms with van der Waals surface area (Å²) in [5.41, 5.74) is 0. The first-order chi connectivity index (χ1) is 6.56. The van der Waals surface area contributed by atoms with E-state index in [2.05, 4.69) is 38.3 Å². The molecule has 0 unspecified atom stereocenters. The van der Waals surface area contributed by atoms with Crippen molar-refractivity contribution in [1.82, 2.24) is 0 Å². The van der Waals surface area contributed by atoms with Crippen LogP contribution in [0.15, 0.2) is 0 Å². The van der Waals surface area contributed by atoms with E-state index < -0.39 is 18.6 Å². The molecule has 0 aliphatic heterocycles. The van der Waals surface area contributed by atoms with Crippen LogP contribution in [0.2, 0.25) is 0 Å². The molecule has 14 heavy (non-hydrogen) atoms. The summed E-state index contributed by atoms with van der Waals surface area (Å²) in [5.74, 6) is 0. The van der Waals surface area contributed by atoms with Crippen molar-refractivity contribution in [3.8, 4) is 0 Å². The molecule has 0 saturated carbocycles. The van der Waals surface area contributed by atoms with Crippen LogP contribution in [-0.4, -0.2) is 26.2 Å². The van der Waals surface area contributed by atoms with E-state index in [1.807, 2.05) is 0 Å². The molecular weight excluding hydrogens is 220 g/mol. The molecule has 0 bridgehead atoms. The third-order valence-corrected chi connectivity index (χ3v) is 1.15. The molecule has 0 aromatic carbocycles. The van der Waals surface area contributed by atoms with Crippen molar-refractivity contribution in [2.24, 2.45) is 0 Å². The monoisotopic (exact) mass is 244 g/mol. The van der Waals surface area contributed by atoms with Crippen LogP contribution < -0.4 is 18.0 Å². The van der Waals surface area contributed by atoms with Crippen LogP contribution in [0.5, 0.6) is 0 Å². The number of quaternary nitrogens is 2. The molecule has 4 N–H and O–H groups in total. The van der Waals surface area contributed by atoms with Crippen molar-refractivity contribution in [1.29, 1.82) is 0 Å². The van der Waals surface area contributed by atoms with Gasteiger partial charge in [0.25, 0.3) is 0 Å². The van der Waals surface area contributed by atoms with E-state index >= 15 is 0 Å². The third-order valence-electron chi connectivity index (χ3n) is 1.15. The van der Waals surface area contributed by atoms with Crippen LogP contribution in [0, 0.1) is 0 Å². The van der Waals surface area contributed by atoms with Crippen molar-refractivity contribution in [2.75, 3.05) is 26.2 Å². The van der Waals surface area contributed by atoms with Crippen LogP contribution in [0.3, 0.4) is 0 Å². The van der Waals surface area contributed by atoms with Gasteiger partial charge in [-0.3, -0.25) is 0 Å². The van der Waals surface area contributed by atoms with Crippen molar-refractivity contribution in [2.45, 2.75) is 27.7 Å². The second-order valence-electron chi connectivity index (χ2n) is 2.46. The van der Waals surface area contributed by atoms with Crippen LogP contribution in [0.1, 0.15) is 27.7 Å². The second-order valence-corrected chi connectivity index (χ2v) is 3.24. The first kappa shape index (κ1) is 19.9. The molecule has 88 valence electrons. The van der Waals surface area contributed by atoms with Crippen molar-refractivity contribution in [3.05, 3.63) is 0 Å². The molecule has 0 fully saturated rings. The summed E-state index contributed by atoms with van der Waals surface area (Å²) >= 11 is -4.08. The summed E-state index contributed by atoms with van der Waals surface area (Å²) in [7, 11) is 0. The molecule has 0 aliphatic rings. The molecule has 0 aliphatic carbocycles. The second kappa shape index (κ2) is 23.3. The minimum atomic E-state index is -4.08. The Morgan fingerprint density at radius 1 is 0.857 bits per heavy atom. The Morgan fingerprint density at radius 3 is 1.00 bits per heavy atom. The number of hydrogen-bond acceptors (Lipinski definition) is 3. The van der Waals surface area contributed by atoms with Crippen LogP contribution in [0.4, 0.5) is 0 Å². The van der Waals surface area contributed by atoms with Gasteiger partial charge in [0.05, 0.1) is 26.2 Å². The summed E-state index contributed by atoms with van der Waals surface area (Å²) in [6.07, 6.45) is 0. The Hall–Kier alpha value is 0.354. The first-order valence-corrected chi connectivity index (χ1v) is 6.99. The Balaban J connectivity index is -0.000000131. The summed E-state index contributed by atoms with van der Waals surface area (Å²) in [6, 6.07) is 0. The zero-order valence-electron chi connectivity index (χ0n) is 9.71. The van der Waals surface area contributed by atoms with Gasteiger partial charge in [-0.1, -0.05) is 0 Å². The van der Waals surface area contributed by atoms with Crippen LogP contribution in [-0.2, 0) is 21.9 Å². The van der Waals surface area contributed by atoms with Gasteiger partial charge in [-0.15, -0.1) is 0 Å². The van der Waals surface area contributed by atoms with Gasteiger partial charge in [-0.25, -0.2) is 0 Å². The Kier molecular flexibility index (Phi) is 33.0. The van der Waals surface area contributed by atoms with E-state index in [0.29, 0.717) is 0 Å². The summed E-state index contributed by atoms with van der Waals surface area (Å²) < 4.78 is 25.8. The van der Waals surface area contributed by atoms with E-state index in [0.717, 1.165) is 0 Å². The van der Waals surface area contributed by atoms with Gasteiger partial charge in [0.15, 0.2) is 0 Å². The van der Waals surface area contributed by atoms with Crippen LogP contribution in [0.25, 0.3) is 0 Å². The van der Waals surface area contributed by atoms with E-state index in [1.165, 1.54) is 26.2 Å². The number of nitrogens with two attached hydrogens (primary N) is 2. The molecule has 6 heteroatoms. The van der Waals surface area contributed by atoms with Gasteiger partial charge in [-0.2, -0.15) is 0 Å². The summed E-state index contributed by atoms with van der Waals surface area (Å²) in [4.78, 5) is 0. The zero-order valence-corrected chi connectivity index (χ0v) is 11.3. The summed E-state index contributed by atoms with van der Waals surface area (Å²) in [5, 5.41) is 4.50. The average Bonchev–Trinajstić information content (AvgIpc) is 2.07. The SMILES string of the molecule is CC[NH2+]CC.CC[NH2+]CC.[O]=[Ti]([O-])[O-]. The normalized spacial score (nSPS) is 7.86. The molecule has 0 heterocycles. The molecule has 0 amide bonds. The van der Waals surface area contributed by atoms with Crippen molar-refractivity contribution in [3.63, 3.8) is 0 Å². The van der Waals surface area contributed by atoms with Gasteiger partial charge in [0, 0.05) is 0 Å². The molecule has 5 nitrogen and oxygen atoms in total. The Labute approximate surface area is 94.0 Å². The van der Waals surface area contributed by atoms with Gasteiger partial charge in [-0.05, 0) is 27.7 Å². The topological polar surface area (TPSA) is 96.4 Å². The molecule has 0 aromatic heterocycles. The zero-order chi connectivity index (χ0) is 11.8. The maximum atomic E-state index is 8.58. The van der Waals surface area contributed by atoms with Gasteiger partial charge in [0.1, 0.15) is 0 Å². The van der Waals surface area contributed by atoms with E-state index in [1.54, 1.807) is 0 Å². The van der Waals surface area contributed by atoms with Gasteiger partial charge in [0.2, 0.25) is 0 Å². The standard InChI is InChI=1S/2C4H11N.3O.Ti/c2*1-3-5-4-2;;;;/h2*5H,3-4H2,1-2H3;;;;/q;;;2*-1;/p+2. The molecule has 0 rings (SSSR count). The fourth-order valence-corrected chi connectivity index (χ4v) is 0.577. The van der Waals surface area contributed by atoms with Gasteiger partial charge < -0.3 is 10.6 Å². The van der Waals surface area contributed by atoms with Gasteiger partial charge >= 0.3 is 29.3 Å². The molecule has 0 spiro atoms. The Morgan fingerprint density at radius 2 is 1.00 bits per heavy atom. The molecule has 0 radical (unpaired) electrons. The predicted molar refractivity (Wildman–Crippen MR) is 46.7 cm³/mol. The van der Waals surface area contributed by atoms with Crippen molar-refractivity contribution >= 4 is 0 Å². The maximum absolute atomic E-state index is 8.58. The number of rotatable bonds is 4. The fraction of sp³-hybridized carbons (Fsp3) is 1.00. The Bertz CT molecular complexity index is 90.6. The minimum absolute atomic E-state index is 1.22. The molecule has 0 atom stereocenters. The first-order valence-electron chi connectivity index (χ1n) is 5.07. The summed E-state index contributed by atoms with van der Waals surface area (Å²) in [6.45, 7) is 13.5. The number of hydrogen-bond donors (Lipinski definition) is 2. The predicted octanol–water partition coefficient (Wildman–Crippen LogP) is -3.32. The third kappa shape index (κ3) is 84.0. The van der Waals surface area contributed by atoms with Crippen molar-refractivity contribution < 1.29 is 40.0 Å². The van der Waals surface area contributed by atoms with E-state index in [4.69, 9.17) is 10.7 Å². The average molecular weight is 244 g/mol. The quantitative estimate of drug-likeness (QED) is 0.506. The van der Waals surface area contributed by atoms with Crippen LogP contribution >= 0.6 is 0 Å². The molecule has 0 saturated heterocycles. The molecular formula is C8H24N2O3Ti. The fourth-order valence-electron chi connectivity index (χ4n) is 0.577. The van der Waals surface area contributed by atoms with E-state index in [-0.39, 0.29) is 0 Å².